The quantitative estimate of drug-likeness (QED) is 0.784. The number of hydrogen-bond acceptors (Lipinski definition) is 2. The molecule has 0 atom stereocenters. The number of fused-ring (bicyclic) bond motifs is 1. The second-order valence-corrected chi connectivity index (χ2v) is 6.26. The zero-order valence-electron chi connectivity index (χ0n) is 12.2. The van der Waals surface area contributed by atoms with Crippen LogP contribution in [0.3, 0.4) is 0 Å². The lowest BCUT2D eigenvalue weighted by Gasteiger charge is -2.07. The maximum atomic E-state index is 5.81. The van der Waals surface area contributed by atoms with Crippen LogP contribution in [-0.2, 0) is 6.42 Å². The van der Waals surface area contributed by atoms with Gasteiger partial charge in [-0.1, -0.05) is 23.8 Å². The molecule has 21 heavy (non-hydrogen) atoms. The molecule has 0 amide bonds. The minimum atomic E-state index is 0.609. The fourth-order valence-electron chi connectivity index (χ4n) is 2.74. The van der Waals surface area contributed by atoms with Gasteiger partial charge in [0.2, 0.25) is 0 Å². The van der Waals surface area contributed by atoms with E-state index in [4.69, 9.17) is 10.7 Å². The van der Waals surface area contributed by atoms with Crippen LogP contribution in [0.2, 0.25) is 0 Å². The van der Waals surface area contributed by atoms with Crippen molar-refractivity contribution in [1.82, 2.24) is 9.38 Å². The van der Waals surface area contributed by atoms with Crippen molar-refractivity contribution in [2.75, 3.05) is 6.54 Å². The lowest BCUT2D eigenvalue weighted by atomic mass is 10.0. The molecule has 0 unspecified atom stereocenters. The lowest BCUT2D eigenvalue weighted by molar-refractivity contribution is 0.905. The van der Waals surface area contributed by atoms with Gasteiger partial charge in [-0.25, -0.2) is 4.98 Å². The maximum absolute atomic E-state index is 5.81. The van der Waals surface area contributed by atoms with Crippen LogP contribution in [0.15, 0.2) is 41.0 Å². The molecular formula is C17H18BrN3. The van der Waals surface area contributed by atoms with Crippen molar-refractivity contribution in [3.8, 4) is 11.3 Å². The second kappa shape index (κ2) is 5.62. The van der Waals surface area contributed by atoms with Gasteiger partial charge in [0.15, 0.2) is 0 Å². The normalized spacial score (nSPS) is 11.2. The molecule has 2 N–H and O–H groups in total. The number of benzene rings is 1. The molecule has 3 aromatic rings. The summed E-state index contributed by atoms with van der Waals surface area (Å²) in [6, 6.07) is 10.5. The first-order chi connectivity index (χ1) is 10.1. The Balaban J connectivity index is 2.28. The van der Waals surface area contributed by atoms with Gasteiger partial charge in [0.05, 0.1) is 11.4 Å². The zero-order valence-corrected chi connectivity index (χ0v) is 13.8. The Kier molecular flexibility index (Phi) is 3.83. The molecule has 4 heteroatoms. The zero-order chi connectivity index (χ0) is 15.0. The predicted octanol–water partition coefficient (Wildman–Crippen LogP) is 3.88. The Hall–Kier alpha value is -1.65. The Bertz CT molecular complexity index is 805. The molecule has 2 aromatic heterocycles. The van der Waals surface area contributed by atoms with Gasteiger partial charge >= 0.3 is 0 Å². The van der Waals surface area contributed by atoms with Gasteiger partial charge in [-0.3, -0.25) is 0 Å². The van der Waals surface area contributed by atoms with Crippen molar-refractivity contribution in [2.24, 2.45) is 5.73 Å². The van der Waals surface area contributed by atoms with E-state index < -0.39 is 0 Å². The van der Waals surface area contributed by atoms with E-state index in [0.29, 0.717) is 6.54 Å². The van der Waals surface area contributed by atoms with Crippen LogP contribution in [0.1, 0.15) is 16.8 Å². The highest BCUT2D eigenvalue weighted by Crippen LogP contribution is 2.29. The first-order valence-corrected chi connectivity index (χ1v) is 7.83. The van der Waals surface area contributed by atoms with Crippen molar-refractivity contribution in [3.05, 3.63) is 57.8 Å². The van der Waals surface area contributed by atoms with Gasteiger partial charge in [0.25, 0.3) is 0 Å². The van der Waals surface area contributed by atoms with Crippen molar-refractivity contribution < 1.29 is 0 Å². The number of nitrogens with zero attached hydrogens (tertiary/aromatic N) is 2. The van der Waals surface area contributed by atoms with E-state index in [1.54, 1.807) is 0 Å². The fraction of sp³-hybridized carbons (Fsp3) is 0.235. The third-order valence-electron chi connectivity index (χ3n) is 3.70. The number of halogens is 1. The predicted molar refractivity (Wildman–Crippen MR) is 90.6 cm³/mol. The molecule has 1 aromatic carbocycles. The molecule has 0 saturated carbocycles. The first kappa shape index (κ1) is 14.3. The molecule has 0 aliphatic carbocycles. The number of pyridine rings is 1. The molecule has 0 aliphatic rings. The maximum Gasteiger partial charge on any atom is 0.137 e. The Morgan fingerprint density at radius 2 is 2.00 bits per heavy atom. The van der Waals surface area contributed by atoms with E-state index in [-0.39, 0.29) is 0 Å². The van der Waals surface area contributed by atoms with Crippen LogP contribution in [-0.4, -0.2) is 15.9 Å². The molecule has 108 valence electrons. The molecule has 3 rings (SSSR count). The number of aromatic nitrogens is 2. The van der Waals surface area contributed by atoms with Gasteiger partial charge in [-0.2, -0.15) is 0 Å². The average Bonchev–Trinajstić information content (AvgIpc) is 2.78. The molecule has 0 fully saturated rings. The third kappa shape index (κ3) is 2.61. The smallest absolute Gasteiger partial charge is 0.137 e. The molecule has 2 heterocycles. The number of aryl methyl sites for hydroxylation is 2. The van der Waals surface area contributed by atoms with E-state index >= 15 is 0 Å². The summed E-state index contributed by atoms with van der Waals surface area (Å²) < 4.78 is 3.17. The van der Waals surface area contributed by atoms with Crippen LogP contribution >= 0.6 is 15.9 Å². The van der Waals surface area contributed by atoms with E-state index in [9.17, 15) is 0 Å². The molecule has 3 nitrogen and oxygen atoms in total. The SMILES string of the molecule is Cc1ccc(-c2nc3ccc(Br)cn3c2CCN)c(C)c1. The summed E-state index contributed by atoms with van der Waals surface area (Å²) in [7, 11) is 0. The minimum absolute atomic E-state index is 0.609. The van der Waals surface area contributed by atoms with E-state index in [1.165, 1.54) is 22.4 Å². The third-order valence-corrected chi connectivity index (χ3v) is 4.17. The van der Waals surface area contributed by atoms with Gasteiger partial charge < -0.3 is 10.1 Å². The Morgan fingerprint density at radius 1 is 1.19 bits per heavy atom. The van der Waals surface area contributed by atoms with Crippen LogP contribution < -0.4 is 5.73 Å². The lowest BCUT2D eigenvalue weighted by Crippen LogP contribution is -2.06. The molecule has 0 spiro atoms. The van der Waals surface area contributed by atoms with Crippen LogP contribution in [0, 0.1) is 13.8 Å². The summed E-state index contributed by atoms with van der Waals surface area (Å²) >= 11 is 3.53. The molecule has 0 aliphatic heterocycles. The van der Waals surface area contributed by atoms with E-state index in [0.717, 1.165) is 22.2 Å². The monoisotopic (exact) mass is 343 g/mol. The largest absolute Gasteiger partial charge is 0.330 e. The standard InChI is InChI=1S/C17H18BrN3/c1-11-3-5-14(12(2)9-11)17-15(7-8-19)21-10-13(18)4-6-16(21)20-17/h3-6,9-10H,7-8,19H2,1-2H3. The summed E-state index contributed by atoms with van der Waals surface area (Å²) in [5.41, 5.74) is 12.7. The Labute approximate surface area is 132 Å². The van der Waals surface area contributed by atoms with E-state index in [1.807, 2.05) is 12.1 Å². The highest BCUT2D eigenvalue weighted by Gasteiger charge is 2.15. The Morgan fingerprint density at radius 3 is 2.71 bits per heavy atom. The minimum Gasteiger partial charge on any atom is -0.330 e. The van der Waals surface area contributed by atoms with Crippen LogP contribution in [0.5, 0.6) is 0 Å². The highest BCUT2D eigenvalue weighted by molar-refractivity contribution is 9.10. The summed E-state index contributed by atoms with van der Waals surface area (Å²) in [4.78, 5) is 4.82. The van der Waals surface area contributed by atoms with Crippen molar-refractivity contribution in [2.45, 2.75) is 20.3 Å². The molecular weight excluding hydrogens is 326 g/mol. The van der Waals surface area contributed by atoms with Crippen molar-refractivity contribution in [3.63, 3.8) is 0 Å². The topological polar surface area (TPSA) is 43.3 Å². The van der Waals surface area contributed by atoms with Crippen molar-refractivity contribution >= 4 is 21.6 Å². The first-order valence-electron chi connectivity index (χ1n) is 7.04. The number of rotatable bonds is 3. The molecule has 0 radical (unpaired) electrons. The van der Waals surface area contributed by atoms with Crippen molar-refractivity contribution in [1.29, 1.82) is 0 Å². The van der Waals surface area contributed by atoms with Crippen LogP contribution in [0.25, 0.3) is 16.9 Å². The highest BCUT2D eigenvalue weighted by atomic mass is 79.9. The summed E-state index contributed by atoms with van der Waals surface area (Å²) in [5.74, 6) is 0. The number of hydrogen-bond donors (Lipinski definition) is 1. The van der Waals surface area contributed by atoms with Gasteiger partial charge in [-0.05, 0) is 54.0 Å². The summed E-state index contributed by atoms with van der Waals surface area (Å²) in [6.45, 7) is 4.85. The molecule has 0 saturated heterocycles. The summed E-state index contributed by atoms with van der Waals surface area (Å²) in [6.07, 6.45) is 2.86. The van der Waals surface area contributed by atoms with Gasteiger partial charge in [-0.15, -0.1) is 0 Å². The number of imidazole rings is 1. The second-order valence-electron chi connectivity index (χ2n) is 5.34. The van der Waals surface area contributed by atoms with E-state index in [2.05, 4.69) is 58.6 Å². The summed E-state index contributed by atoms with van der Waals surface area (Å²) in [5, 5.41) is 0. The fourth-order valence-corrected chi connectivity index (χ4v) is 3.07. The average molecular weight is 344 g/mol. The molecule has 0 bridgehead atoms. The van der Waals surface area contributed by atoms with Gasteiger partial charge in [0, 0.05) is 22.7 Å². The number of nitrogens with two attached hydrogens (primary N) is 1. The van der Waals surface area contributed by atoms with Gasteiger partial charge in [0.1, 0.15) is 5.65 Å². The van der Waals surface area contributed by atoms with Crippen LogP contribution in [0.4, 0.5) is 0 Å².